The van der Waals surface area contributed by atoms with Crippen LogP contribution in [0.25, 0.3) is 0 Å². The van der Waals surface area contributed by atoms with Crippen LogP contribution in [0, 0.1) is 11.3 Å². The number of carboxylic acid groups (broad SMARTS) is 1. The topological polar surface area (TPSA) is 94.3 Å². The number of hydrogen-bond acceptors (Lipinski definition) is 5. The van der Waals surface area contributed by atoms with Crippen molar-refractivity contribution in [2.24, 2.45) is 0 Å². The third kappa shape index (κ3) is 6.20. The van der Waals surface area contributed by atoms with Crippen molar-refractivity contribution < 1.29 is 14.7 Å². The first kappa shape index (κ1) is 16.0. The standard InChI is InChI=1S/C13H15N3O3S/c14-4-2-6-16(8-11-3-1-5-15-7-11)12(17)9-20-10-13(18)19/h1,3,5,7H,2,6,8-10H2,(H,18,19). The van der Waals surface area contributed by atoms with Crippen LogP contribution in [0.5, 0.6) is 0 Å². The van der Waals surface area contributed by atoms with Gasteiger partial charge in [0.15, 0.2) is 0 Å². The van der Waals surface area contributed by atoms with Crippen LogP contribution in [0.3, 0.4) is 0 Å². The van der Waals surface area contributed by atoms with Gasteiger partial charge in [0.1, 0.15) is 0 Å². The summed E-state index contributed by atoms with van der Waals surface area (Å²) < 4.78 is 0. The van der Waals surface area contributed by atoms with Crippen LogP contribution in [-0.2, 0) is 16.1 Å². The number of carboxylic acids is 1. The maximum absolute atomic E-state index is 12.0. The average molecular weight is 293 g/mol. The van der Waals surface area contributed by atoms with Gasteiger partial charge in [-0.15, -0.1) is 11.8 Å². The Morgan fingerprint density at radius 3 is 2.85 bits per heavy atom. The number of aliphatic carboxylic acids is 1. The lowest BCUT2D eigenvalue weighted by Gasteiger charge is -2.21. The summed E-state index contributed by atoms with van der Waals surface area (Å²) in [4.78, 5) is 28.0. The second kappa shape index (κ2) is 8.93. The Labute approximate surface area is 121 Å². The van der Waals surface area contributed by atoms with Gasteiger partial charge in [-0.1, -0.05) is 6.07 Å². The third-order valence-electron chi connectivity index (χ3n) is 2.39. The first-order valence-electron chi connectivity index (χ1n) is 5.96. The summed E-state index contributed by atoms with van der Waals surface area (Å²) >= 11 is 1.05. The maximum atomic E-state index is 12.0. The van der Waals surface area contributed by atoms with Crippen molar-refractivity contribution in [1.82, 2.24) is 9.88 Å². The van der Waals surface area contributed by atoms with Gasteiger partial charge in [-0.2, -0.15) is 5.26 Å². The van der Waals surface area contributed by atoms with E-state index in [1.807, 2.05) is 12.1 Å². The summed E-state index contributed by atoms with van der Waals surface area (Å²) in [6, 6.07) is 5.63. The van der Waals surface area contributed by atoms with Crippen molar-refractivity contribution in [3.05, 3.63) is 30.1 Å². The normalized spacial score (nSPS) is 9.75. The zero-order chi connectivity index (χ0) is 14.8. The largest absolute Gasteiger partial charge is 0.481 e. The zero-order valence-corrected chi connectivity index (χ0v) is 11.7. The first-order valence-corrected chi connectivity index (χ1v) is 7.12. The van der Waals surface area contributed by atoms with E-state index in [9.17, 15) is 9.59 Å². The fourth-order valence-electron chi connectivity index (χ4n) is 1.51. The molecule has 0 spiro atoms. The molecule has 1 rings (SSSR count). The number of thioether (sulfide) groups is 1. The van der Waals surface area contributed by atoms with Crippen LogP contribution >= 0.6 is 11.8 Å². The van der Waals surface area contributed by atoms with Crippen LogP contribution in [0.4, 0.5) is 0 Å². The van der Waals surface area contributed by atoms with Gasteiger partial charge in [0.05, 0.1) is 24.0 Å². The van der Waals surface area contributed by atoms with E-state index in [1.165, 1.54) is 0 Å². The van der Waals surface area contributed by atoms with Crippen LogP contribution in [0.1, 0.15) is 12.0 Å². The molecule has 0 aliphatic heterocycles. The second-order valence-electron chi connectivity index (χ2n) is 3.97. The molecule has 1 aromatic rings. The molecular formula is C13H15N3O3S. The minimum absolute atomic E-state index is 0.0952. The van der Waals surface area contributed by atoms with Crippen LogP contribution < -0.4 is 0 Å². The van der Waals surface area contributed by atoms with E-state index in [1.54, 1.807) is 23.4 Å². The van der Waals surface area contributed by atoms with Crippen molar-refractivity contribution in [3.8, 4) is 6.07 Å². The first-order chi connectivity index (χ1) is 9.63. The van der Waals surface area contributed by atoms with Gasteiger partial charge in [-0.05, 0) is 11.6 Å². The van der Waals surface area contributed by atoms with E-state index in [2.05, 4.69) is 4.98 Å². The lowest BCUT2D eigenvalue weighted by Crippen LogP contribution is -2.33. The predicted molar refractivity (Wildman–Crippen MR) is 74.8 cm³/mol. The quantitative estimate of drug-likeness (QED) is 0.772. The van der Waals surface area contributed by atoms with E-state index < -0.39 is 5.97 Å². The van der Waals surface area contributed by atoms with Crippen LogP contribution in [0.2, 0.25) is 0 Å². The van der Waals surface area contributed by atoms with E-state index in [0.717, 1.165) is 17.3 Å². The molecule has 0 atom stereocenters. The van der Waals surface area contributed by atoms with Gasteiger partial charge in [-0.3, -0.25) is 14.6 Å². The lowest BCUT2D eigenvalue weighted by molar-refractivity contribution is -0.133. The molecule has 1 aromatic heterocycles. The fourth-order valence-corrected chi connectivity index (χ4v) is 2.14. The number of hydrogen-bond donors (Lipinski definition) is 1. The van der Waals surface area contributed by atoms with Gasteiger partial charge in [0.25, 0.3) is 0 Å². The molecule has 0 fully saturated rings. The molecule has 0 aliphatic carbocycles. The molecule has 0 aromatic carbocycles. The Hall–Kier alpha value is -2.07. The third-order valence-corrected chi connectivity index (χ3v) is 3.30. The van der Waals surface area contributed by atoms with E-state index in [4.69, 9.17) is 10.4 Å². The highest BCUT2D eigenvalue weighted by Crippen LogP contribution is 2.08. The predicted octanol–water partition coefficient (Wildman–Crippen LogP) is 1.14. The molecule has 0 saturated heterocycles. The molecule has 1 amide bonds. The Morgan fingerprint density at radius 1 is 1.45 bits per heavy atom. The minimum Gasteiger partial charge on any atom is -0.481 e. The molecule has 0 aliphatic rings. The maximum Gasteiger partial charge on any atom is 0.313 e. The van der Waals surface area contributed by atoms with Gasteiger partial charge in [0.2, 0.25) is 5.91 Å². The van der Waals surface area contributed by atoms with Gasteiger partial charge < -0.3 is 10.0 Å². The molecule has 7 heteroatoms. The van der Waals surface area contributed by atoms with E-state index in [-0.39, 0.29) is 23.8 Å². The zero-order valence-electron chi connectivity index (χ0n) is 10.9. The molecule has 106 valence electrons. The summed E-state index contributed by atoms with van der Waals surface area (Å²) in [5, 5.41) is 17.2. The molecule has 0 radical (unpaired) electrons. The van der Waals surface area contributed by atoms with Crippen LogP contribution in [0.15, 0.2) is 24.5 Å². The van der Waals surface area contributed by atoms with Crippen molar-refractivity contribution in [2.75, 3.05) is 18.1 Å². The average Bonchev–Trinajstić information content (AvgIpc) is 2.44. The van der Waals surface area contributed by atoms with Crippen molar-refractivity contribution in [3.63, 3.8) is 0 Å². The fraction of sp³-hybridized carbons (Fsp3) is 0.385. The minimum atomic E-state index is -0.946. The number of rotatable bonds is 8. The molecule has 1 N–H and O–H groups in total. The highest BCUT2D eigenvalue weighted by atomic mass is 32.2. The SMILES string of the molecule is N#CCCN(Cc1cccnc1)C(=O)CSCC(=O)O. The number of nitriles is 1. The highest BCUT2D eigenvalue weighted by Gasteiger charge is 2.14. The number of nitrogens with zero attached hydrogens (tertiary/aromatic N) is 3. The van der Waals surface area contributed by atoms with Crippen molar-refractivity contribution in [2.45, 2.75) is 13.0 Å². The monoisotopic (exact) mass is 293 g/mol. The second-order valence-corrected chi connectivity index (χ2v) is 4.96. The van der Waals surface area contributed by atoms with E-state index in [0.29, 0.717) is 13.1 Å². The molecule has 20 heavy (non-hydrogen) atoms. The molecular weight excluding hydrogens is 278 g/mol. The highest BCUT2D eigenvalue weighted by molar-refractivity contribution is 8.00. The molecule has 0 saturated carbocycles. The Bertz CT molecular complexity index is 487. The number of carbonyl (C=O) groups is 2. The Morgan fingerprint density at radius 2 is 2.25 bits per heavy atom. The molecule has 1 heterocycles. The number of aromatic nitrogens is 1. The number of amides is 1. The number of pyridine rings is 1. The molecule has 0 bridgehead atoms. The van der Waals surface area contributed by atoms with Crippen molar-refractivity contribution >= 4 is 23.6 Å². The molecule has 6 nitrogen and oxygen atoms in total. The summed E-state index contributed by atoms with van der Waals surface area (Å²) in [6.45, 7) is 0.708. The van der Waals surface area contributed by atoms with Crippen LogP contribution in [-0.4, -0.2) is 44.9 Å². The smallest absolute Gasteiger partial charge is 0.313 e. The summed E-state index contributed by atoms with van der Waals surface area (Å²) in [6.07, 6.45) is 3.56. The van der Waals surface area contributed by atoms with Crippen molar-refractivity contribution in [1.29, 1.82) is 5.26 Å². The van der Waals surface area contributed by atoms with E-state index >= 15 is 0 Å². The Balaban J connectivity index is 2.56. The molecule has 0 unspecified atom stereocenters. The van der Waals surface area contributed by atoms with Gasteiger partial charge in [0, 0.05) is 25.5 Å². The summed E-state index contributed by atoms with van der Waals surface area (Å²) in [5.41, 5.74) is 0.877. The number of carbonyl (C=O) groups excluding carboxylic acids is 1. The summed E-state index contributed by atoms with van der Waals surface area (Å²) in [5.74, 6) is -1.13. The summed E-state index contributed by atoms with van der Waals surface area (Å²) in [7, 11) is 0. The Kier molecular flexibility index (Phi) is 7.14. The van der Waals surface area contributed by atoms with Gasteiger partial charge >= 0.3 is 5.97 Å². The lowest BCUT2D eigenvalue weighted by atomic mass is 10.2. The van der Waals surface area contributed by atoms with Gasteiger partial charge in [-0.25, -0.2) is 0 Å².